The van der Waals surface area contributed by atoms with Crippen LogP contribution in [0, 0.1) is 0 Å². The SMILES string of the molecule is COc1cccc(N2C(=O)CC(N3CCOCC3)C2=O)c1. The Morgan fingerprint density at radius 3 is 2.71 bits per heavy atom. The van der Waals surface area contributed by atoms with Crippen LogP contribution in [0.3, 0.4) is 0 Å². The minimum Gasteiger partial charge on any atom is -0.497 e. The van der Waals surface area contributed by atoms with Crippen LogP contribution < -0.4 is 9.64 Å². The van der Waals surface area contributed by atoms with Gasteiger partial charge in [-0.25, -0.2) is 4.90 Å². The van der Waals surface area contributed by atoms with E-state index < -0.39 is 0 Å². The van der Waals surface area contributed by atoms with Crippen molar-refractivity contribution in [1.82, 2.24) is 4.90 Å². The van der Waals surface area contributed by atoms with Gasteiger partial charge < -0.3 is 9.47 Å². The van der Waals surface area contributed by atoms with Crippen LogP contribution in [0.25, 0.3) is 0 Å². The van der Waals surface area contributed by atoms with E-state index in [2.05, 4.69) is 0 Å². The number of anilines is 1. The second kappa shape index (κ2) is 5.83. The van der Waals surface area contributed by atoms with Crippen LogP contribution in [0.15, 0.2) is 24.3 Å². The van der Waals surface area contributed by atoms with Crippen molar-refractivity contribution < 1.29 is 19.1 Å². The molecule has 1 aromatic rings. The number of rotatable bonds is 3. The van der Waals surface area contributed by atoms with Gasteiger partial charge in [0.05, 0.1) is 38.5 Å². The zero-order chi connectivity index (χ0) is 14.8. The molecule has 2 aliphatic rings. The molecule has 0 bridgehead atoms. The Balaban J connectivity index is 1.82. The Morgan fingerprint density at radius 1 is 1.24 bits per heavy atom. The van der Waals surface area contributed by atoms with Gasteiger partial charge in [0.1, 0.15) is 5.75 Å². The highest BCUT2D eigenvalue weighted by Crippen LogP contribution is 2.28. The molecule has 1 unspecified atom stereocenters. The molecule has 6 nitrogen and oxygen atoms in total. The smallest absolute Gasteiger partial charge is 0.251 e. The van der Waals surface area contributed by atoms with Gasteiger partial charge in [-0.2, -0.15) is 0 Å². The standard InChI is InChI=1S/C15H18N2O4/c1-20-12-4-2-3-11(9-12)17-14(18)10-13(15(17)19)16-5-7-21-8-6-16/h2-4,9,13H,5-8,10H2,1H3. The van der Waals surface area contributed by atoms with Crippen molar-refractivity contribution in [2.75, 3.05) is 38.3 Å². The molecule has 0 aliphatic carbocycles. The summed E-state index contributed by atoms with van der Waals surface area (Å²) in [6, 6.07) is 6.65. The molecule has 1 atom stereocenters. The number of methoxy groups -OCH3 is 1. The first-order chi connectivity index (χ1) is 10.2. The molecule has 0 aromatic heterocycles. The molecule has 2 heterocycles. The molecule has 6 heteroatoms. The molecule has 112 valence electrons. The lowest BCUT2D eigenvalue weighted by molar-refractivity contribution is -0.123. The van der Waals surface area contributed by atoms with Gasteiger partial charge in [-0.3, -0.25) is 14.5 Å². The normalized spacial score (nSPS) is 23.7. The Labute approximate surface area is 123 Å². The quantitative estimate of drug-likeness (QED) is 0.765. The maximum atomic E-state index is 12.6. The van der Waals surface area contributed by atoms with Gasteiger partial charge in [0.25, 0.3) is 5.91 Å². The fourth-order valence-electron chi connectivity index (χ4n) is 2.81. The van der Waals surface area contributed by atoms with Crippen molar-refractivity contribution in [3.05, 3.63) is 24.3 Å². The van der Waals surface area contributed by atoms with Gasteiger partial charge in [0.15, 0.2) is 0 Å². The average Bonchev–Trinajstić information content (AvgIpc) is 2.83. The number of amides is 2. The highest BCUT2D eigenvalue weighted by atomic mass is 16.5. The summed E-state index contributed by atoms with van der Waals surface area (Å²) in [6.07, 6.45) is 0.232. The van der Waals surface area contributed by atoms with E-state index in [4.69, 9.17) is 9.47 Å². The molecule has 0 N–H and O–H groups in total. The van der Waals surface area contributed by atoms with Crippen molar-refractivity contribution in [3.8, 4) is 5.75 Å². The minimum absolute atomic E-state index is 0.157. The third kappa shape index (κ3) is 2.64. The summed E-state index contributed by atoms with van der Waals surface area (Å²) in [6.45, 7) is 2.60. The third-order valence-electron chi connectivity index (χ3n) is 3.92. The molecule has 2 aliphatic heterocycles. The van der Waals surface area contributed by atoms with E-state index in [-0.39, 0.29) is 24.3 Å². The number of carbonyl (C=O) groups excluding carboxylic acids is 2. The molecule has 0 radical (unpaired) electrons. The second-order valence-electron chi connectivity index (χ2n) is 5.14. The Kier molecular flexibility index (Phi) is 3.90. The maximum absolute atomic E-state index is 12.6. The Bertz CT molecular complexity index is 554. The van der Waals surface area contributed by atoms with Crippen molar-refractivity contribution in [2.45, 2.75) is 12.5 Å². The summed E-state index contributed by atoms with van der Waals surface area (Å²) < 4.78 is 10.4. The fraction of sp³-hybridized carbons (Fsp3) is 0.467. The third-order valence-corrected chi connectivity index (χ3v) is 3.92. The van der Waals surface area contributed by atoms with E-state index in [0.717, 1.165) is 0 Å². The number of benzene rings is 1. The van der Waals surface area contributed by atoms with E-state index in [1.165, 1.54) is 4.90 Å². The van der Waals surface area contributed by atoms with Gasteiger partial charge in [0, 0.05) is 19.2 Å². The number of morpholine rings is 1. The molecule has 3 rings (SSSR count). The molecule has 21 heavy (non-hydrogen) atoms. The second-order valence-corrected chi connectivity index (χ2v) is 5.14. The largest absolute Gasteiger partial charge is 0.497 e. The van der Waals surface area contributed by atoms with Crippen LogP contribution in [-0.4, -0.2) is 56.2 Å². The lowest BCUT2D eigenvalue weighted by Gasteiger charge is -2.30. The lowest BCUT2D eigenvalue weighted by atomic mass is 10.2. The topological polar surface area (TPSA) is 59.1 Å². The van der Waals surface area contributed by atoms with E-state index in [0.29, 0.717) is 37.7 Å². The summed E-state index contributed by atoms with van der Waals surface area (Å²) in [5.41, 5.74) is 0.570. The first kappa shape index (κ1) is 14.0. The number of hydrogen-bond acceptors (Lipinski definition) is 5. The fourth-order valence-corrected chi connectivity index (χ4v) is 2.81. The predicted octanol–water partition coefficient (Wildman–Crippen LogP) is 0.659. The maximum Gasteiger partial charge on any atom is 0.251 e. The average molecular weight is 290 g/mol. The van der Waals surface area contributed by atoms with E-state index >= 15 is 0 Å². The summed E-state index contributed by atoms with van der Waals surface area (Å²) >= 11 is 0. The number of hydrogen-bond donors (Lipinski definition) is 0. The molecule has 0 spiro atoms. The number of imide groups is 1. The number of carbonyl (C=O) groups is 2. The Morgan fingerprint density at radius 2 is 2.00 bits per heavy atom. The molecule has 2 fully saturated rings. The predicted molar refractivity (Wildman–Crippen MR) is 76.3 cm³/mol. The molecular weight excluding hydrogens is 272 g/mol. The molecule has 0 saturated carbocycles. The lowest BCUT2D eigenvalue weighted by Crippen LogP contribution is -2.47. The van der Waals surface area contributed by atoms with Gasteiger partial charge in [-0.15, -0.1) is 0 Å². The van der Waals surface area contributed by atoms with E-state index in [1.807, 2.05) is 4.90 Å². The van der Waals surface area contributed by atoms with Crippen LogP contribution in [-0.2, 0) is 14.3 Å². The van der Waals surface area contributed by atoms with Crippen molar-refractivity contribution >= 4 is 17.5 Å². The van der Waals surface area contributed by atoms with Gasteiger partial charge in [-0.05, 0) is 12.1 Å². The highest BCUT2D eigenvalue weighted by Gasteiger charge is 2.43. The zero-order valence-electron chi connectivity index (χ0n) is 11.9. The Hall–Kier alpha value is -1.92. The van der Waals surface area contributed by atoms with Crippen LogP contribution in [0.2, 0.25) is 0 Å². The van der Waals surface area contributed by atoms with E-state index in [9.17, 15) is 9.59 Å². The van der Waals surface area contributed by atoms with Crippen LogP contribution in [0.5, 0.6) is 5.75 Å². The van der Waals surface area contributed by atoms with Crippen molar-refractivity contribution in [2.24, 2.45) is 0 Å². The summed E-state index contributed by atoms with van der Waals surface area (Å²) in [7, 11) is 1.56. The monoisotopic (exact) mass is 290 g/mol. The van der Waals surface area contributed by atoms with E-state index in [1.54, 1.807) is 31.4 Å². The van der Waals surface area contributed by atoms with Gasteiger partial charge >= 0.3 is 0 Å². The van der Waals surface area contributed by atoms with Crippen molar-refractivity contribution in [1.29, 1.82) is 0 Å². The summed E-state index contributed by atoms with van der Waals surface area (Å²) in [4.78, 5) is 28.1. The summed E-state index contributed by atoms with van der Waals surface area (Å²) in [5.74, 6) is 0.308. The zero-order valence-corrected chi connectivity index (χ0v) is 11.9. The van der Waals surface area contributed by atoms with Crippen LogP contribution in [0.4, 0.5) is 5.69 Å². The number of ether oxygens (including phenoxy) is 2. The van der Waals surface area contributed by atoms with Gasteiger partial charge in [0.2, 0.25) is 5.91 Å². The van der Waals surface area contributed by atoms with Crippen molar-refractivity contribution in [3.63, 3.8) is 0 Å². The van der Waals surface area contributed by atoms with Crippen LogP contribution in [0.1, 0.15) is 6.42 Å². The molecule has 1 aromatic carbocycles. The van der Waals surface area contributed by atoms with Gasteiger partial charge in [-0.1, -0.05) is 6.07 Å². The highest BCUT2D eigenvalue weighted by molar-refractivity contribution is 6.22. The van der Waals surface area contributed by atoms with Crippen LogP contribution >= 0.6 is 0 Å². The molecular formula is C15H18N2O4. The summed E-state index contributed by atoms with van der Waals surface area (Å²) in [5, 5.41) is 0. The minimum atomic E-state index is -0.368. The number of nitrogens with zero attached hydrogens (tertiary/aromatic N) is 2. The molecule has 2 amide bonds. The first-order valence-corrected chi connectivity index (χ1v) is 7.03. The first-order valence-electron chi connectivity index (χ1n) is 7.03. The molecule has 2 saturated heterocycles.